The SMILES string of the molecule is C=CCOC(=O)c1cc[n+](O)c(C)c1.C=CCOC(=O)c1ccnc(C)c1. The van der Waals surface area contributed by atoms with Gasteiger partial charge in [-0.1, -0.05) is 25.3 Å². The van der Waals surface area contributed by atoms with E-state index >= 15 is 0 Å². The highest BCUT2D eigenvalue weighted by Gasteiger charge is 2.12. The number of carbonyl (C=O) groups is 2. The first-order valence-corrected chi connectivity index (χ1v) is 8.09. The van der Waals surface area contributed by atoms with E-state index in [1.54, 1.807) is 31.3 Å². The fourth-order valence-electron chi connectivity index (χ4n) is 1.84. The van der Waals surface area contributed by atoms with Crippen molar-refractivity contribution in [3.05, 3.63) is 84.5 Å². The van der Waals surface area contributed by atoms with Crippen LogP contribution in [-0.4, -0.2) is 35.3 Å². The first kappa shape index (κ1) is 21.6. The molecule has 142 valence electrons. The minimum absolute atomic E-state index is 0.186. The van der Waals surface area contributed by atoms with Crippen LogP contribution in [0.1, 0.15) is 32.1 Å². The maximum atomic E-state index is 11.3. The number of hydrogen-bond acceptors (Lipinski definition) is 6. The topological polar surface area (TPSA) is 89.6 Å². The zero-order valence-electron chi connectivity index (χ0n) is 15.4. The summed E-state index contributed by atoms with van der Waals surface area (Å²) in [4.78, 5) is 26.5. The van der Waals surface area contributed by atoms with Gasteiger partial charge in [-0.05, 0) is 19.1 Å². The van der Waals surface area contributed by atoms with Crippen LogP contribution in [0.25, 0.3) is 0 Å². The standard InChI is InChI=1S/C10H12NO3.C10H11NO2/c1-3-6-14-10(12)9-4-5-11(13)8(2)7-9;1-3-6-13-10(12)9-4-5-11-8(2)7-9/h3-5,7,13H,1,6H2,2H3;3-5,7H,1,6H2,2H3/q+1;. The van der Waals surface area contributed by atoms with Crippen molar-refractivity contribution in [1.82, 2.24) is 4.98 Å². The molecule has 7 nitrogen and oxygen atoms in total. The Morgan fingerprint density at radius 2 is 1.63 bits per heavy atom. The van der Waals surface area contributed by atoms with Crippen LogP contribution < -0.4 is 4.73 Å². The summed E-state index contributed by atoms with van der Waals surface area (Å²) in [5.74, 6) is -0.765. The van der Waals surface area contributed by atoms with E-state index in [9.17, 15) is 9.59 Å². The Labute approximate surface area is 158 Å². The van der Waals surface area contributed by atoms with Crippen LogP contribution in [0.4, 0.5) is 0 Å². The van der Waals surface area contributed by atoms with E-state index in [-0.39, 0.29) is 19.2 Å². The van der Waals surface area contributed by atoms with Gasteiger partial charge in [0.2, 0.25) is 11.9 Å². The largest absolute Gasteiger partial charge is 0.458 e. The number of hydrogen-bond donors (Lipinski definition) is 1. The lowest BCUT2D eigenvalue weighted by Crippen LogP contribution is -2.33. The van der Waals surface area contributed by atoms with Crippen molar-refractivity contribution < 1.29 is 29.0 Å². The van der Waals surface area contributed by atoms with E-state index in [0.29, 0.717) is 16.8 Å². The van der Waals surface area contributed by atoms with Gasteiger partial charge in [-0.3, -0.25) is 10.2 Å². The number of nitrogens with zero attached hydrogens (tertiary/aromatic N) is 2. The Morgan fingerprint density at radius 3 is 2.11 bits per heavy atom. The average Bonchev–Trinajstić information content (AvgIpc) is 2.66. The number of esters is 2. The molecular weight excluding hydrogens is 348 g/mol. The highest BCUT2D eigenvalue weighted by atomic mass is 16.5. The van der Waals surface area contributed by atoms with Gasteiger partial charge in [0.25, 0.3) is 0 Å². The smallest absolute Gasteiger partial charge is 0.338 e. The molecule has 0 aliphatic heterocycles. The van der Waals surface area contributed by atoms with E-state index in [4.69, 9.17) is 14.7 Å². The van der Waals surface area contributed by atoms with Gasteiger partial charge in [0, 0.05) is 35.7 Å². The Hall–Kier alpha value is -3.48. The third kappa shape index (κ3) is 7.52. The predicted octanol–water partition coefficient (Wildman–Crippen LogP) is 2.60. The van der Waals surface area contributed by atoms with Crippen molar-refractivity contribution in [2.45, 2.75) is 13.8 Å². The normalized spacial score (nSPS) is 9.41. The fourth-order valence-corrected chi connectivity index (χ4v) is 1.84. The third-order valence-corrected chi connectivity index (χ3v) is 3.15. The maximum absolute atomic E-state index is 11.3. The number of aromatic nitrogens is 2. The lowest BCUT2D eigenvalue weighted by Gasteiger charge is -2.01. The molecule has 0 bridgehead atoms. The van der Waals surface area contributed by atoms with Gasteiger partial charge in [0.15, 0.2) is 0 Å². The van der Waals surface area contributed by atoms with Crippen LogP contribution >= 0.6 is 0 Å². The van der Waals surface area contributed by atoms with Crippen LogP contribution in [0.15, 0.2) is 62.0 Å². The first-order chi connectivity index (χ1) is 12.9. The zero-order valence-corrected chi connectivity index (χ0v) is 15.4. The molecule has 0 aliphatic rings. The van der Waals surface area contributed by atoms with Gasteiger partial charge in [-0.2, -0.15) is 0 Å². The van der Waals surface area contributed by atoms with Gasteiger partial charge < -0.3 is 9.47 Å². The molecule has 0 saturated heterocycles. The van der Waals surface area contributed by atoms with E-state index in [1.165, 1.54) is 24.4 Å². The molecule has 0 fully saturated rings. The fraction of sp³-hybridized carbons (Fsp3) is 0.200. The molecule has 2 aromatic rings. The number of rotatable bonds is 6. The van der Waals surface area contributed by atoms with Crippen molar-refractivity contribution in [1.29, 1.82) is 0 Å². The van der Waals surface area contributed by atoms with Gasteiger partial charge in [0.05, 0.1) is 11.1 Å². The average molecular weight is 371 g/mol. The minimum Gasteiger partial charge on any atom is -0.458 e. The van der Waals surface area contributed by atoms with Crippen LogP contribution in [0.3, 0.4) is 0 Å². The van der Waals surface area contributed by atoms with Crippen molar-refractivity contribution >= 4 is 11.9 Å². The second kappa shape index (κ2) is 11.2. The lowest BCUT2D eigenvalue weighted by atomic mass is 10.2. The summed E-state index contributed by atoms with van der Waals surface area (Å²) >= 11 is 0. The summed E-state index contributed by atoms with van der Waals surface area (Å²) in [6, 6.07) is 6.34. The van der Waals surface area contributed by atoms with Crippen molar-refractivity contribution in [3.63, 3.8) is 0 Å². The van der Waals surface area contributed by atoms with Crippen LogP contribution in [0.2, 0.25) is 0 Å². The monoisotopic (exact) mass is 371 g/mol. The van der Waals surface area contributed by atoms with Crippen molar-refractivity contribution in [2.75, 3.05) is 13.2 Å². The molecular formula is C20H23N2O5+. The molecule has 0 unspecified atom stereocenters. The molecule has 0 amide bonds. The van der Waals surface area contributed by atoms with Crippen LogP contribution in [-0.2, 0) is 9.47 Å². The first-order valence-electron chi connectivity index (χ1n) is 8.09. The summed E-state index contributed by atoms with van der Waals surface area (Å²) < 4.78 is 10.6. The van der Waals surface area contributed by atoms with Crippen LogP contribution in [0.5, 0.6) is 0 Å². The number of ether oxygens (including phenoxy) is 2. The summed E-state index contributed by atoms with van der Waals surface area (Å²) in [5.41, 5.74) is 2.30. The quantitative estimate of drug-likeness (QED) is 0.363. The molecule has 2 heterocycles. The van der Waals surface area contributed by atoms with E-state index in [0.717, 1.165) is 10.4 Å². The third-order valence-electron chi connectivity index (χ3n) is 3.15. The van der Waals surface area contributed by atoms with Gasteiger partial charge >= 0.3 is 11.9 Å². The Morgan fingerprint density at radius 1 is 1.07 bits per heavy atom. The second-order valence-corrected chi connectivity index (χ2v) is 5.36. The number of carbonyl (C=O) groups excluding carboxylic acids is 2. The highest BCUT2D eigenvalue weighted by molar-refractivity contribution is 5.89. The zero-order chi connectivity index (χ0) is 20.2. The second-order valence-electron chi connectivity index (χ2n) is 5.36. The molecule has 2 rings (SSSR count). The van der Waals surface area contributed by atoms with E-state index in [1.807, 2.05) is 6.92 Å². The molecule has 0 aromatic carbocycles. The van der Waals surface area contributed by atoms with Crippen molar-refractivity contribution in [3.8, 4) is 0 Å². The molecule has 27 heavy (non-hydrogen) atoms. The van der Waals surface area contributed by atoms with E-state index < -0.39 is 5.97 Å². The maximum Gasteiger partial charge on any atom is 0.338 e. The van der Waals surface area contributed by atoms with Gasteiger partial charge in [-0.25, -0.2) is 9.59 Å². The summed E-state index contributed by atoms with van der Waals surface area (Å²) in [6.07, 6.45) is 6.01. The molecule has 0 aliphatic carbocycles. The molecule has 0 saturated carbocycles. The lowest BCUT2D eigenvalue weighted by molar-refractivity contribution is -0.908. The molecule has 0 atom stereocenters. The Bertz CT molecular complexity index is 818. The highest BCUT2D eigenvalue weighted by Crippen LogP contribution is 2.03. The minimum atomic E-state index is -0.423. The van der Waals surface area contributed by atoms with Gasteiger partial charge in [-0.15, -0.1) is 0 Å². The van der Waals surface area contributed by atoms with E-state index in [2.05, 4.69) is 18.1 Å². The van der Waals surface area contributed by atoms with Gasteiger partial charge in [0.1, 0.15) is 13.2 Å². The molecule has 0 radical (unpaired) electrons. The number of aryl methyl sites for hydroxylation is 2. The van der Waals surface area contributed by atoms with Crippen LogP contribution in [0, 0.1) is 13.8 Å². The Kier molecular flexibility index (Phi) is 8.94. The number of pyridine rings is 2. The Balaban J connectivity index is 0.000000271. The molecule has 2 aromatic heterocycles. The molecule has 0 spiro atoms. The summed E-state index contributed by atoms with van der Waals surface area (Å²) in [5, 5.41) is 9.15. The predicted molar refractivity (Wildman–Crippen MR) is 98.5 cm³/mol. The van der Waals surface area contributed by atoms with Crippen molar-refractivity contribution in [2.24, 2.45) is 0 Å². The molecule has 1 N–H and O–H groups in total. The molecule has 7 heteroatoms. The summed E-state index contributed by atoms with van der Waals surface area (Å²) in [7, 11) is 0. The summed E-state index contributed by atoms with van der Waals surface area (Å²) in [6.45, 7) is 10.8.